The third-order valence-electron chi connectivity index (χ3n) is 6.03. The largest absolute Gasteiger partial charge is 0.376 e. The fraction of sp³-hybridized carbons (Fsp3) is 0.500. The predicted molar refractivity (Wildman–Crippen MR) is 123 cm³/mol. The summed E-state index contributed by atoms with van der Waals surface area (Å²) in [6.45, 7) is 5.37. The lowest BCUT2D eigenvalue weighted by molar-refractivity contribution is 0.114. The van der Waals surface area contributed by atoms with E-state index in [2.05, 4.69) is 50.8 Å². The van der Waals surface area contributed by atoms with Crippen molar-refractivity contribution in [1.29, 1.82) is 0 Å². The third-order valence-corrected chi connectivity index (χ3v) is 6.28. The first-order valence-corrected chi connectivity index (χ1v) is 11.3. The van der Waals surface area contributed by atoms with Crippen LogP contribution in [0.5, 0.6) is 0 Å². The lowest BCUT2D eigenvalue weighted by atomic mass is 10.1. The van der Waals surface area contributed by atoms with Crippen molar-refractivity contribution in [2.75, 3.05) is 41.4 Å². The molecule has 2 aromatic rings. The van der Waals surface area contributed by atoms with Crippen LogP contribution in [-0.2, 0) is 17.8 Å². The van der Waals surface area contributed by atoms with Gasteiger partial charge in [0.15, 0.2) is 5.11 Å². The molecule has 0 bridgehead atoms. The van der Waals surface area contributed by atoms with Crippen molar-refractivity contribution in [3.8, 4) is 0 Å². The number of hydrogen-bond acceptors (Lipinski definition) is 6. The van der Waals surface area contributed by atoms with E-state index in [1.165, 1.54) is 24.0 Å². The molecule has 0 radical (unpaired) electrons. The fourth-order valence-corrected chi connectivity index (χ4v) is 4.58. The zero-order valence-electron chi connectivity index (χ0n) is 17.1. The Labute approximate surface area is 182 Å². The normalized spacial score (nSPS) is 20.5. The van der Waals surface area contributed by atoms with Crippen LogP contribution in [0.3, 0.4) is 0 Å². The van der Waals surface area contributed by atoms with Crippen LogP contribution in [0.4, 0.5) is 17.6 Å². The van der Waals surface area contributed by atoms with Crippen LogP contribution in [-0.4, -0.2) is 47.4 Å². The highest BCUT2D eigenvalue weighted by Crippen LogP contribution is 2.30. The van der Waals surface area contributed by atoms with Gasteiger partial charge < -0.3 is 25.2 Å². The molecule has 0 amide bonds. The molecule has 5 rings (SSSR count). The molecule has 2 N–H and O–H groups in total. The number of nitrogens with one attached hydrogen (secondary N) is 2. The van der Waals surface area contributed by atoms with E-state index in [4.69, 9.17) is 26.9 Å². The van der Waals surface area contributed by atoms with Crippen LogP contribution in [0, 0.1) is 0 Å². The third kappa shape index (κ3) is 4.34. The summed E-state index contributed by atoms with van der Waals surface area (Å²) in [6.07, 6.45) is 4.85. The van der Waals surface area contributed by atoms with E-state index in [-0.39, 0.29) is 6.10 Å². The number of benzene rings is 1. The Hall–Kier alpha value is -2.45. The smallest absolute Gasteiger partial charge is 0.232 e. The lowest BCUT2D eigenvalue weighted by Crippen LogP contribution is -2.35. The van der Waals surface area contributed by atoms with Crippen molar-refractivity contribution < 1.29 is 4.74 Å². The van der Waals surface area contributed by atoms with Gasteiger partial charge in [0.2, 0.25) is 5.95 Å². The Morgan fingerprint density at radius 3 is 2.40 bits per heavy atom. The summed E-state index contributed by atoms with van der Waals surface area (Å²) in [5, 5.41) is 7.00. The van der Waals surface area contributed by atoms with Crippen LogP contribution in [0.1, 0.15) is 36.8 Å². The highest BCUT2D eigenvalue weighted by Gasteiger charge is 2.23. The molecule has 0 spiro atoms. The minimum absolute atomic E-state index is 0.236. The Morgan fingerprint density at radius 2 is 1.73 bits per heavy atom. The quantitative estimate of drug-likeness (QED) is 0.710. The van der Waals surface area contributed by atoms with E-state index < -0.39 is 0 Å². The number of rotatable bonds is 5. The second-order valence-corrected chi connectivity index (χ2v) is 8.61. The zero-order chi connectivity index (χ0) is 20.3. The van der Waals surface area contributed by atoms with Crippen molar-refractivity contribution in [2.24, 2.45) is 0 Å². The molecule has 4 heterocycles. The van der Waals surface area contributed by atoms with E-state index in [0.717, 1.165) is 57.3 Å². The van der Waals surface area contributed by atoms with E-state index >= 15 is 0 Å². The summed E-state index contributed by atoms with van der Waals surface area (Å²) >= 11 is 5.50. The highest BCUT2D eigenvalue weighted by atomic mass is 32.1. The maximum atomic E-state index is 5.66. The molecule has 1 aromatic carbocycles. The topological polar surface area (TPSA) is 65.6 Å². The second kappa shape index (κ2) is 8.73. The first kappa shape index (κ1) is 19.5. The number of nitrogens with zero attached hydrogens (tertiary/aromatic N) is 4. The van der Waals surface area contributed by atoms with Crippen LogP contribution < -0.4 is 20.4 Å². The van der Waals surface area contributed by atoms with Crippen molar-refractivity contribution in [2.45, 2.75) is 44.9 Å². The zero-order valence-corrected chi connectivity index (χ0v) is 18.0. The van der Waals surface area contributed by atoms with E-state index in [1.54, 1.807) is 0 Å². The van der Waals surface area contributed by atoms with Crippen LogP contribution in [0.15, 0.2) is 30.3 Å². The summed E-state index contributed by atoms with van der Waals surface area (Å²) in [5.41, 5.74) is 2.73. The Balaban J connectivity index is 1.33. The average molecular weight is 425 g/mol. The van der Waals surface area contributed by atoms with Gasteiger partial charge in [0.1, 0.15) is 11.6 Å². The number of ether oxygens (including phenoxy) is 1. The van der Waals surface area contributed by atoms with E-state index in [9.17, 15) is 0 Å². The van der Waals surface area contributed by atoms with Crippen molar-refractivity contribution in [3.63, 3.8) is 0 Å². The van der Waals surface area contributed by atoms with Gasteiger partial charge in [0.05, 0.1) is 6.10 Å². The van der Waals surface area contributed by atoms with Gasteiger partial charge in [-0.1, -0.05) is 24.3 Å². The molecule has 158 valence electrons. The van der Waals surface area contributed by atoms with Gasteiger partial charge in [0, 0.05) is 45.4 Å². The molecule has 0 saturated carbocycles. The standard InChI is InChI=1S/C22H28N6OS/c30-22(23-13-18-8-5-11-29-18)26-21-24-19(27-9-3-4-10-27)12-20(25-21)28-14-16-6-1-2-7-17(16)15-28/h1-2,6-7,12,18H,3-5,8-11,13-15H2,(H2,23,24,25,26,30). The number of aromatic nitrogens is 2. The van der Waals surface area contributed by atoms with Gasteiger partial charge in [-0.3, -0.25) is 0 Å². The van der Waals surface area contributed by atoms with Gasteiger partial charge in [-0.25, -0.2) is 0 Å². The molecule has 1 aromatic heterocycles. The molecule has 3 aliphatic heterocycles. The summed E-state index contributed by atoms with van der Waals surface area (Å²) in [7, 11) is 0. The summed E-state index contributed by atoms with van der Waals surface area (Å²) in [5.74, 6) is 2.46. The van der Waals surface area contributed by atoms with Gasteiger partial charge in [-0.05, 0) is 49.0 Å². The average Bonchev–Trinajstić information content (AvgIpc) is 3.53. The number of hydrogen-bond donors (Lipinski definition) is 2. The maximum Gasteiger partial charge on any atom is 0.232 e. The SMILES string of the molecule is S=C(NCC1CCCO1)Nc1nc(N2CCCC2)cc(N2Cc3ccccc3C2)n1. The van der Waals surface area contributed by atoms with Gasteiger partial charge >= 0.3 is 0 Å². The number of anilines is 3. The molecule has 0 aliphatic carbocycles. The second-order valence-electron chi connectivity index (χ2n) is 8.20. The molecule has 1 unspecified atom stereocenters. The maximum absolute atomic E-state index is 5.66. The summed E-state index contributed by atoms with van der Waals surface area (Å²) in [6, 6.07) is 10.7. The van der Waals surface area contributed by atoms with Gasteiger partial charge in [0.25, 0.3) is 0 Å². The van der Waals surface area contributed by atoms with Crippen molar-refractivity contribution in [3.05, 3.63) is 41.5 Å². The van der Waals surface area contributed by atoms with Gasteiger partial charge in [-0.15, -0.1) is 0 Å². The molecular formula is C22H28N6OS. The Bertz CT molecular complexity index is 885. The fourth-order valence-electron chi connectivity index (χ4n) is 4.40. The van der Waals surface area contributed by atoms with Gasteiger partial charge in [-0.2, -0.15) is 9.97 Å². The molecule has 2 fully saturated rings. The molecule has 2 saturated heterocycles. The highest BCUT2D eigenvalue weighted by molar-refractivity contribution is 7.80. The lowest BCUT2D eigenvalue weighted by Gasteiger charge is -2.22. The van der Waals surface area contributed by atoms with Crippen LogP contribution in [0.25, 0.3) is 0 Å². The van der Waals surface area contributed by atoms with Crippen LogP contribution >= 0.6 is 12.2 Å². The molecule has 8 heteroatoms. The van der Waals surface area contributed by atoms with E-state index in [0.29, 0.717) is 17.6 Å². The molecule has 30 heavy (non-hydrogen) atoms. The Morgan fingerprint density at radius 1 is 1.03 bits per heavy atom. The number of thiocarbonyl (C=S) groups is 1. The summed E-state index contributed by atoms with van der Waals surface area (Å²) < 4.78 is 5.66. The first-order valence-electron chi connectivity index (χ1n) is 10.9. The van der Waals surface area contributed by atoms with Crippen LogP contribution in [0.2, 0.25) is 0 Å². The molecular weight excluding hydrogens is 396 g/mol. The van der Waals surface area contributed by atoms with E-state index in [1.807, 2.05) is 0 Å². The minimum atomic E-state index is 0.236. The summed E-state index contributed by atoms with van der Waals surface area (Å²) in [4.78, 5) is 14.2. The van der Waals surface area contributed by atoms with Crippen molar-refractivity contribution >= 4 is 34.9 Å². The molecule has 3 aliphatic rings. The van der Waals surface area contributed by atoms with Crippen molar-refractivity contribution in [1.82, 2.24) is 15.3 Å². The molecule has 1 atom stereocenters. The first-order chi connectivity index (χ1) is 14.7. The monoisotopic (exact) mass is 424 g/mol. The minimum Gasteiger partial charge on any atom is -0.376 e. The Kier molecular flexibility index (Phi) is 5.68. The number of fused-ring (bicyclic) bond motifs is 1. The predicted octanol–water partition coefficient (Wildman–Crippen LogP) is 3.06. The molecule has 7 nitrogen and oxygen atoms in total.